The fourth-order valence-corrected chi connectivity index (χ4v) is 1.30. The minimum absolute atomic E-state index is 0.200. The van der Waals surface area contributed by atoms with Crippen molar-refractivity contribution in [1.29, 1.82) is 0 Å². The molecular weight excluding hydrogens is 279 g/mol. The van der Waals surface area contributed by atoms with E-state index in [0.717, 1.165) is 12.1 Å². The second-order valence-electron chi connectivity index (χ2n) is 3.99. The van der Waals surface area contributed by atoms with Gasteiger partial charge in [0.05, 0.1) is 11.5 Å². The van der Waals surface area contributed by atoms with Crippen molar-refractivity contribution >= 4 is 11.9 Å². The summed E-state index contributed by atoms with van der Waals surface area (Å²) in [5.74, 6) is -3.45. The quantitative estimate of drug-likeness (QED) is 0.870. The summed E-state index contributed by atoms with van der Waals surface area (Å²) < 4.78 is 40.3. The molecule has 0 bridgehead atoms. The van der Waals surface area contributed by atoms with Crippen molar-refractivity contribution in [2.24, 2.45) is 5.92 Å². The fraction of sp³-hybridized carbons (Fsp3) is 0.333. The van der Waals surface area contributed by atoms with Crippen molar-refractivity contribution in [2.45, 2.75) is 13.3 Å². The van der Waals surface area contributed by atoms with Gasteiger partial charge < -0.3 is 15.2 Å². The average Bonchev–Trinajstić information content (AvgIpc) is 2.34. The highest BCUT2D eigenvalue weighted by Crippen LogP contribution is 2.26. The summed E-state index contributed by atoms with van der Waals surface area (Å²) in [4.78, 5) is 22.3. The molecule has 0 aromatic heterocycles. The van der Waals surface area contributed by atoms with Gasteiger partial charge in [0.25, 0.3) is 5.91 Å². The van der Waals surface area contributed by atoms with Crippen molar-refractivity contribution in [3.05, 3.63) is 29.8 Å². The lowest BCUT2D eigenvalue weighted by molar-refractivity contribution is -0.274. The predicted octanol–water partition coefficient (Wildman–Crippen LogP) is 2.04. The normalized spacial score (nSPS) is 12.6. The van der Waals surface area contributed by atoms with E-state index < -0.39 is 29.9 Å². The van der Waals surface area contributed by atoms with Crippen LogP contribution in [0, 0.1) is 5.92 Å². The number of halogens is 3. The van der Waals surface area contributed by atoms with Crippen molar-refractivity contribution in [1.82, 2.24) is 5.32 Å². The standard InChI is InChI=1S/C12H12F3NO4/c1-7(11(18)19)6-16-10(17)8-4-2-3-5-9(8)20-12(13,14)15/h2-5,7H,6H2,1H3,(H,16,17)(H,18,19). The highest BCUT2D eigenvalue weighted by molar-refractivity contribution is 5.97. The Morgan fingerprint density at radius 3 is 2.50 bits per heavy atom. The second-order valence-corrected chi connectivity index (χ2v) is 3.99. The van der Waals surface area contributed by atoms with Gasteiger partial charge in [0, 0.05) is 6.54 Å². The molecule has 0 heterocycles. The van der Waals surface area contributed by atoms with Crippen LogP contribution in [0.4, 0.5) is 13.2 Å². The molecule has 2 N–H and O–H groups in total. The number of carboxylic acid groups (broad SMARTS) is 1. The zero-order valence-corrected chi connectivity index (χ0v) is 10.4. The number of benzene rings is 1. The van der Waals surface area contributed by atoms with Gasteiger partial charge in [-0.05, 0) is 12.1 Å². The lowest BCUT2D eigenvalue weighted by Crippen LogP contribution is -2.32. The van der Waals surface area contributed by atoms with E-state index in [1.165, 1.54) is 19.1 Å². The van der Waals surface area contributed by atoms with E-state index in [0.29, 0.717) is 0 Å². The van der Waals surface area contributed by atoms with Crippen LogP contribution in [0.3, 0.4) is 0 Å². The Balaban J connectivity index is 2.80. The molecule has 0 aliphatic heterocycles. The number of nitrogens with one attached hydrogen (secondary N) is 1. The monoisotopic (exact) mass is 291 g/mol. The molecule has 5 nitrogen and oxygen atoms in total. The van der Waals surface area contributed by atoms with Crippen molar-refractivity contribution in [3.8, 4) is 5.75 Å². The third-order valence-corrected chi connectivity index (χ3v) is 2.35. The molecule has 1 aromatic rings. The van der Waals surface area contributed by atoms with E-state index >= 15 is 0 Å². The Morgan fingerprint density at radius 1 is 1.35 bits per heavy atom. The summed E-state index contributed by atoms with van der Waals surface area (Å²) >= 11 is 0. The number of amides is 1. The minimum atomic E-state index is -4.91. The Hall–Kier alpha value is -2.25. The van der Waals surface area contributed by atoms with Crippen LogP contribution in [0.25, 0.3) is 0 Å². The van der Waals surface area contributed by atoms with Gasteiger partial charge in [-0.25, -0.2) is 0 Å². The minimum Gasteiger partial charge on any atom is -0.481 e. The molecule has 0 saturated carbocycles. The number of ether oxygens (including phenoxy) is 1. The molecule has 0 saturated heterocycles. The fourth-order valence-electron chi connectivity index (χ4n) is 1.30. The first-order valence-electron chi connectivity index (χ1n) is 5.56. The summed E-state index contributed by atoms with van der Waals surface area (Å²) in [7, 11) is 0. The van der Waals surface area contributed by atoms with Crippen LogP contribution in [0.2, 0.25) is 0 Å². The molecule has 1 unspecified atom stereocenters. The Labute approximate surface area is 112 Å². The summed E-state index contributed by atoms with van der Waals surface area (Å²) in [6.07, 6.45) is -4.91. The molecule has 0 spiro atoms. The summed E-state index contributed by atoms with van der Waals surface area (Å²) in [5.41, 5.74) is -0.317. The number of alkyl halides is 3. The zero-order valence-electron chi connectivity index (χ0n) is 10.4. The lowest BCUT2D eigenvalue weighted by Gasteiger charge is -2.13. The third kappa shape index (κ3) is 4.79. The van der Waals surface area contributed by atoms with Gasteiger partial charge in [-0.2, -0.15) is 0 Å². The maximum absolute atomic E-state index is 12.2. The number of hydrogen-bond acceptors (Lipinski definition) is 3. The van der Waals surface area contributed by atoms with Crippen LogP contribution >= 0.6 is 0 Å². The smallest absolute Gasteiger partial charge is 0.481 e. The second kappa shape index (κ2) is 6.27. The van der Waals surface area contributed by atoms with Gasteiger partial charge in [-0.3, -0.25) is 9.59 Å². The molecule has 20 heavy (non-hydrogen) atoms. The van der Waals surface area contributed by atoms with E-state index in [9.17, 15) is 22.8 Å². The topological polar surface area (TPSA) is 75.6 Å². The Bertz CT molecular complexity index is 502. The Morgan fingerprint density at radius 2 is 1.95 bits per heavy atom. The molecule has 1 aromatic carbocycles. The highest BCUT2D eigenvalue weighted by atomic mass is 19.4. The third-order valence-electron chi connectivity index (χ3n) is 2.35. The molecule has 0 fully saturated rings. The van der Waals surface area contributed by atoms with E-state index in [4.69, 9.17) is 5.11 Å². The number of rotatable bonds is 5. The van der Waals surface area contributed by atoms with Gasteiger partial charge in [-0.1, -0.05) is 19.1 Å². The zero-order chi connectivity index (χ0) is 15.3. The first-order chi connectivity index (χ1) is 9.20. The number of carbonyl (C=O) groups is 2. The highest BCUT2D eigenvalue weighted by Gasteiger charge is 2.32. The number of carboxylic acids is 1. The average molecular weight is 291 g/mol. The van der Waals surface area contributed by atoms with Gasteiger partial charge in [0.2, 0.25) is 0 Å². The van der Waals surface area contributed by atoms with E-state index in [1.807, 2.05) is 0 Å². The largest absolute Gasteiger partial charge is 0.573 e. The van der Waals surface area contributed by atoms with Gasteiger partial charge in [0.15, 0.2) is 0 Å². The van der Waals surface area contributed by atoms with E-state index in [-0.39, 0.29) is 12.1 Å². The molecule has 0 radical (unpaired) electrons. The van der Waals surface area contributed by atoms with Crippen LogP contribution in [0.15, 0.2) is 24.3 Å². The summed E-state index contributed by atoms with van der Waals surface area (Å²) in [6.45, 7) is 1.16. The molecule has 110 valence electrons. The maximum atomic E-state index is 12.2. The van der Waals surface area contributed by atoms with Crippen LogP contribution in [0.5, 0.6) is 5.75 Å². The number of carbonyl (C=O) groups excluding carboxylic acids is 1. The molecule has 1 amide bonds. The van der Waals surface area contributed by atoms with Crippen LogP contribution in [-0.4, -0.2) is 29.9 Å². The van der Waals surface area contributed by atoms with Crippen LogP contribution in [0.1, 0.15) is 17.3 Å². The van der Waals surface area contributed by atoms with Gasteiger partial charge in [0.1, 0.15) is 5.75 Å². The maximum Gasteiger partial charge on any atom is 0.573 e. The van der Waals surface area contributed by atoms with Crippen molar-refractivity contribution < 1.29 is 32.6 Å². The van der Waals surface area contributed by atoms with Crippen LogP contribution in [-0.2, 0) is 4.79 Å². The molecule has 8 heteroatoms. The van der Waals surface area contributed by atoms with Gasteiger partial charge >= 0.3 is 12.3 Å². The van der Waals surface area contributed by atoms with E-state index in [1.54, 1.807) is 0 Å². The Kier molecular flexibility index (Phi) is 4.95. The molecule has 0 aliphatic rings. The number of aliphatic carboxylic acids is 1. The predicted molar refractivity (Wildman–Crippen MR) is 62.3 cm³/mol. The van der Waals surface area contributed by atoms with Crippen molar-refractivity contribution in [2.75, 3.05) is 6.54 Å². The SMILES string of the molecule is CC(CNC(=O)c1ccccc1OC(F)(F)F)C(=O)O. The molecule has 1 rings (SSSR count). The summed E-state index contributed by atoms with van der Waals surface area (Å²) in [5, 5.41) is 10.9. The first-order valence-corrected chi connectivity index (χ1v) is 5.56. The lowest BCUT2D eigenvalue weighted by atomic mass is 10.1. The summed E-state index contributed by atoms with van der Waals surface area (Å²) in [6, 6.07) is 4.82. The van der Waals surface area contributed by atoms with Gasteiger partial charge in [-0.15, -0.1) is 13.2 Å². The number of para-hydroxylation sites is 1. The van der Waals surface area contributed by atoms with Crippen molar-refractivity contribution in [3.63, 3.8) is 0 Å². The van der Waals surface area contributed by atoms with E-state index in [2.05, 4.69) is 10.1 Å². The number of hydrogen-bond donors (Lipinski definition) is 2. The van der Waals surface area contributed by atoms with Crippen LogP contribution < -0.4 is 10.1 Å². The first kappa shape index (κ1) is 15.8. The molecular formula is C12H12F3NO4. The molecule has 0 aliphatic carbocycles. The molecule has 1 atom stereocenters.